The standard InChI is InChI=1S/C18H30N2O/c1-16(9-10-18-7-5-4-6-8-18)20-12-11-19(13-14-21-3)17(2)15-20/h4-8,16-17H,9-15H2,1-3H3/t16-,17-/m0/s1. The maximum atomic E-state index is 5.20. The summed E-state index contributed by atoms with van der Waals surface area (Å²) in [6.07, 6.45) is 2.43. The van der Waals surface area contributed by atoms with Gasteiger partial charge < -0.3 is 4.74 Å². The fraction of sp³-hybridized carbons (Fsp3) is 0.667. The Balaban J connectivity index is 1.75. The molecule has 1 saturated heterocycles. The van der Waals surface area contributed by atoms with E-state index in [2.05, 4.69) is 54.0 Å². The lowest BCUT2D eigenvalue weighted by Crippen LogP contribution is -2.54. The number of hydrogen-bond donors (Lipinski definition) is 0. The maximum Gasteiger partial charge on any atom is 0.0589 e. The molecule has 0 aromatic heterocycles. The van der Waals surface area contributed by atoms with Gasteiger partial charge >= 0.3 is 0 Å². The number of piperazine rings is 1. The van der Waals surface area contributed by atoms with Crippen LogP contribution in [-0.4, -0.2) is 61.8 Å². The molecule has 21 heavy (non-hydrogen) atoms. The van der Waals surface area contributed by atoms with Crippen LogP contribution in [0.15, 0.2) is 30.3 Å². The van der Waals surface area contributed by atoms with Crippen LogP contribution in [-0.2, 0) is 11.2 Å². The van der Waals surface area contributed by atoms with Gasteiger partial charge in [0.2, 0.25) is 0 Å². The zero-order valence-corrected chi connectivity index (χ0v) is 13.8. The monoisotopic (exact) mass is 290 g/mol. The second kappa shape index (κ2) is 8.52. The molecule has 0 saturated carbocycles. The summed E-state index contributed by atoms with van der Waals surface area (Å²) in [6, 6.07) is 12.1. The van der Waals surface area contributed by atoms with Gasteiger partial charge in [-0.15, -0.1) is 0 Å². The second-order valence-corrected chi connectivity index (χ2v) is 6.25. The molecule has 3 heteroatoms. The first kappa shape index (κ1) is 16.5. The summed E-state index contributed by atoms with van der Waals surface area (Å²) in [6.45, 7) is 10.1. The van der Waals surface area contributed by atoms with Gasteiger partial charge in [-0.2, -0.15) is 0 Å². The van der Waals surface area contributed by atoms with E-state index in [-0.39, 0.29) is 0 Å². The van der Waals surface area contributed by atoms with Gasteiger partial charge in [0, 0.05) is 45.4 Å². The number of ether oxygens (including phenoxy) is 1. The molecule has 1 aromatic rings. The lowest BCUT2D eigenvalue weighted by molar-refractivity contribution is 0.0405. The molecule has 0 spiro atoms. The number of aryl methyl sites for hydroxylation is 1. The highest BCUT2D eigenvalue weighted by atomic mass is 16.5. The largest absolute Gasteiger partial charge is 0.383 e. The van der Waals surface area contributed by atoms with Crippen LogP contribution in [0.2, 0.25) is 0 Å². The Morgan fingerprint density at radius 3 is 2.67 bits per heavy atom. The Labute approximate surface area is 129 Å². The molecule has 118 valence electrons. The van der Waals surface area contributed by atoms with Gasteiger partial charge in [-0.3, -0.25) is 9.80 Å². The molecular formula is C18H30N2O. The summed E-state index contributed by atoms with van der Waals surface area (Å²) in [5.74, 6) is 0. The fourth-order valence-corrected chi connectivity index (χ4v) is 3.17. The van der Waals surface area contributed by atoms with Crippen molar-refractivity contribution in [1.29, 1.82) is 0 Å². The normalized spacial score (nSPS) is 22.3. The molecule has 1 aliphatic rings. The van der Waals surface area contributed by atoms with Gasteiger partial charge in [-0.1, -0.05) is 30.3 Å². The molecule has 0 amide bonds. The topological polar surface area (TPSA) is 15.7 Å². The smallest absolute Gasteiger partial charge is 0.0589 e. The molecular weight excluding hydrogens is 260 g/mol. The number of rotatable bonds is 7. The van der Waals surface area contributed by atoms with Crippen molar-refractivity contribution in [3.8, 4) is 0 Å². The Morgan fingerprint density at radius 2 is 2.00 bits per heavy atom. The molecule has 0 N–H and O–H groups in total. The van der Waals surface area contributed by atoms with Crippen LogP contribution < -0.4 is 0 Å². The van der Waals surface area contributed by atoms with Crippen LogP contribution in [0.1, 0.15) is 25.8 Å². The number of nitrogens with zero attached hydrogens (tertiary/aromatic N) is 2. The van der Waals surface area contributed by atoms with Crippen molar-refractivity contribution in [3.05, 3.63) is 35.9 Å². The Kier molecular flexibility index (Phi) is 6.68. The van der Waals surface area contributed by atoms with Crippen molar-refractivity contribution >= 4 is 0 Å². The summed E-state index contributed by atoms with van der Waals surface area (Å²) in [5.41, 5.74) is 1.45. The summed E-state index contributed by atoms with van der Waals surface area (Å²) < 4.78 is 5.20. The predicted molar refractivity (Wildman–Crippen MR) is 88.7 cm³/mol. The van der Waals surface area contributed by atoms with E-state index in [1.54, 1.807) is 7.11 Å². The van der Waals surface area contributed by atoms with Crippen LogP contribution in [0.25, 0.3) is 0 Å². The number of hydrogen-bond acceptors (Lipinski definition) is 3. The highest BCUT2D eigenvalue weighted by Gasteiger charge is 2.25. The van der Waals surface area contributed by atoms with E-state index >= 15 is 0 Å². The van der Waals surface area contributed by atoms with E-state index in [4.69, 9.17) is 4.74 Å². The van der Waals surface area contributed by atoms with Gasteiger partial charge in [0.15, 0.2) is 0 Å². The Morgan fingerprint density at radius 1 is 1.24 bits per heavy atom. The lowest BCUT2D eigenvalue weighted by Gasteiger charge is -2.42. The summed E-state index contributed by atoms with van der Waals surface area (Å²) in [7, 11) is 1.78. The minimum absolute atomic E-state index is 0.632. The van der Waals surface area contributed by atoms with Crippen molar-refractivity contribution in [1.82, 2.24) is 9.80 Å². The van der Waals surface area contributed by atoms with Gasteiger partial charge in [-0.05, 0) is 32.3 Å². The van der Waals surface area contributed by atoms with Crippen molar-refractivity contribution in [2.45, 2.75) is 38.8 Å². The first-order valence-corrected chi connectivity index (χ1v) is 8.21. The molecule has 0 radical (unpaired) electrons. The minimum atomic E-state index is 0.632. The molecule has 3 nitrogen and oxygen atoms in total. The molecule has 1 aromatic carbocycles. The third-order valence-corrected chi connectivity index (χ3v) is 4.70. The van der Waals surface area contributed by atoms with Crippen LogP contribution in [0.3, 0.4) is 0 Å². The molecule has 0 aliphatic carbocycles. The highest BCUT2D eigenvalue weighted by molar-refractivity contribution is 5.14. The third-order valence-electron chi connectivity index (χ3n) is 4.70. The van der Waals surface area contributed by atoms with E-state index in [1.807, 2.05) is 0 Å². The summed E-state index contributed by atoms with van der Waals surface area (Å²) >= 11 is 0. The lowest BCUT2D eigenvalue weighted by atomic mass is 10.0. The number of benzene rings is 1. The van der Waals surface area contributed by atoms with Crippen molar-refractivity contribution < 1.29 is 4.74 Å². The van der Waals surface area contributed by atoms with Gasteiger partial charge in [0.05, 0.1) is 6.61 Å². The average molecular weight is 290 g/mol. The fourth-order valence-electron chi connectivity index (χ4n) is 3.17. The van der Waals surface area contributed by atoms with Crippen molar-refractivity contribution in [2.24, 2.45) is 0 Å². The molecule has 0 bridgehead atoms. The molecule has 1 heterocycles. The first-order chi connectivity index (χ1) is 10.2. The first-order valence-electron chi connectivity index (χ1n) is 8.21. The molecule has 1 fully saturated rings. The summed E-state index contributed by atoms with van der Waals surface area (Å²) in [5, 5.41) is 0. The quantitative estimate of drug-likeness (QED) is 0.768. The molecule has 2 rings (SSSR count). The van der Waals surface area contributed by atoms with Gasteiger partial charge in [0.25, 0.3) is 0 Å². The van der Waals surface area contributed by atoms with Crippen LogP contribution in [0.5, 0.6) is 0 Å². The number of methoxy groups -OCH3 is 1. The second-order valence-electron chi connectivity index (χ2n) is 6.25. The highest BCUT2D eigenvalue weighted by Crippen LogP contribution is 2.15. The zero-order valence-electron chi connectivity index (χ0n) is 13.8. The molecule has 0 unspecified atom stereocenters. The SMILES string of the molecule is COCCN1CCN([C@@H](C)CCc2ccccc2)C[C@@H]1C. The maximum absolute atomic E-state index is 5.20. The van der Waals surface area contributed by atoms with E-state index in [0.717, 1.165) is 13.2 Å². The minimum Gasteiger partial charge on any atom is -0.383 e. The molecule has 2 atom stereocenters. The van der Waals surface area contributed by atoms with E-state index in [9.17, 15) is 0 Å². The Bertz CT molecular complexity index is 395. The Hall–Kier alpha value is -0.900. The average Bonchev–Trinajstić information content (AvgIpc) is 2.52. The van der Waals surface area contributed by atoms with Gasteiger partial charge in [0.1, 0.15) is 0 Å². The van der Waals surface area contributed by atoms with Crippen LogP contribution in [0, 0.1) is 0 Å². The van der Waals surface area contributed by atoms with Crippen molar-refractivity contribution in [2.75, 3.05) is 39.9 Å². The van der Waals surface area contributed by atoms with Gasteiger partial charge in [-0.25, -0.2) is 0 Å². The molecule has 1 aliphatic heterocycles. The van der Waals surface area contributed by atoms with Crippen LogP contribution in [0.4, 0.5) is 0 Å². The van der Waals surface area contributed by atoms with E-state index < -0.39 is 0 Å². The van der Waals surface area contributed by atoms with Crippen molar-refractivity contribution in [3.63, 3.8) is 0 Å². The zero-order chi connectivity index (χ0) is 15.1. The van der Waals surface area contributed by atoms with Crippen LogP contribution >= 0.6 is 0 Å². The predicted octanol–water partition coefficient (Wildman–Crippen LogP) is 2.66. The summed E-state index contributed by atoms with van der Waals surface area (Å²) in [4.78, 5) is 5.20. The van der Waals surface area contributed by atoms with E-state index in [1.165, 1.54) is 38.0 Å². The third kappa shape index (κ3) is 5.10. The van der Waals surface area contributed by atoms with E-state index in [0.29, 0.717) is 12.1 Å².